The summed E-state index contributed by atoms with van der Waals surface area (Å²) in [6.45, 7) is 0.356. The number of amides is 1. The third kappa shape index (κ3) is 4.28. The van der Waals surface area contributed by atoms with Gasteiger partial charge in [-0.05, 0) is 24.3 Å². The standard InChI is InChI=1S/C19H18ClIN6O3/c1-23-18(29)13-8-12(11(9-22)17(20)25-13)24-10-3-4-14-15(7-10)27(6-5-16(21)28)19(30)26(14)2/h3-4,7-8,16,28H,5-6H2,1-2H3,(H,23,29)(H,24,25)/t16-/m0/s1. The molecule has 30 heavy (non-hydrogen) atoms. The molecule has 0 fully saturated rings. The first kappa shape index (κ1) is 22.1. The van der Waals surface area contributed by atoms with E-state index in [2.05, 4.69) is 15.6 Å². The molecule has 0 aliphatic rings. The van der Waals surface area contributed by atoms with Crippen LogP contribution in [0.1, 0.15) is 22.5 Å². The van der Waals surface area contributed by atoms with Gasteiger partial charge >= 0.3 is 5.69 Å². The van der Waals surface area contributed by atoms with E-state index in [1.54, 1.807) is 29.8 Å². The van der Waals surface area contributed by atoms with Crippen LogP contribution in [0.2, 0.25) is 5.15 Å². The lowest BCUT2D eigenvalue weighted by Crippen LogP contribution is -2.23. The molecule has 1 atom stereocenters. The van der Waals surface area contributed by atoms with Crippen molar-refractivity contribution < 1.29 is 9.90 Å². The maximum Gasteiger partial charge on any atom is 0.328 e. The summed E-state index contributed by atoms with van der Waals surface area (Å²) in [6.07, 6.45) is 0.422. The fourth-order valence-corrected chi connectivity index (χ4v) is 3.57. The van der Waals surface area contributed by atoms with Crippen LogP contribution >= 0.6 is 34.2 Å². The van der Waals surface area contributed by atoms with Gasteiger partial charge in [0.1, 0.15) is 26.6 Å². The summed E-state index contributed by atoms with van der Waals surface area (Å²) >= 11 is 7.99. The second-order valence-electron chi connectivity index (χ2n) is 6.46. The van der Waals surface area contributed by atoms with E-state index in [4.69, 9.17) is 11.6 Å². The zero-order chi connectivity index (χ0) is 22.0. The Hall–Kier alpha value is -2.62. The number of aromatic nitrogens is 3. The van der Waals surface area contributed by atoms with Crippen molar-refractivity contribution in [3.63, 3.8) is 0 Å². The zero-order valence-corrected chi connectivity index (χ0v) is 19.0. The number of alkyl halides is 1. The molecule has 0 saturated carbocycles. The lowest BCUT2D eigenvalue weighted by Gasteiger charge is -2.12. The Bertz CT molecular complexity index is 1230. The number of benzene rings is 1. The molecule has 11 heteroatoms. The van der Waals surface area contributed by atoms with E-state index in [0.29, 0.717) is 29.9 Å². The largest absolute Gasteiger partial charge is 0.383 e. The number of aliphatic hydroxyl groups is 1. The van der Waals surface area contributed by atoms with Crippen molar-refractivity contribution >= 4 is 62.5 Å². The zero-order valence-electron chi connectivity index (χ0n) is 16.1. The number of anilines is 2. The monoisotopic (exact) mass is 540 g/mol. The van der Waals surface area contributed by atoms with Gasteiger partial charge in [0.15, 0.2) is 0 Å². The predicted octanol–water partition coefficient (Wildman–Crippen LogP) is 2.51. The van der Waals surface area contributed by atoms with E-state index in [1.807, 2.05) is 28.7 Å². The summed E-state index contributed by atoms with van der Waals surface area (Å²) in [4.78, 5) is 28.5. The number of rotatable bonds is 6. The van der Waals surface area contributed by atoms with Gasteiger partial charge < -0.3 is 15.7 Å². The molecule has 0 aliphatic heterocycles. The number of carbonyl (C=O) groups is 1. The van der Waals surface area contributed by atoms with Gasteiger partial charge in [-0.25, -0.2) is 9.78 Å². The SMILES string of the molecule is CNC(=O)c1cc(Nc2ccc3c(c2)n(CC[C@H](O)I)c(=O)n3C)c(C#N)c(Cl)n1. The Morgan fingerprint density at radius 1 is 1.40 bits per heavy atom. The summed E-state index contributed by atoms with van der Waals surface area (Å²) in [7, 11) is 3.15. The third-order valence-electron chi connectivity index (χ3n) is 4.56. The van der Waals surface area contributed by atoms with Crippen LogP contribution < -0.4 is 16.3 Å². The maximum absolute atomic E-state index is 12.6. The number of aliphatic hydroxyl groups excluding tert-OH is 1. The smallest absolute Gasteiger partial charge is 0.328 e. The number of nitrogens with one attached hydrogen (secondary N) is 2. The fourth-order valence-electron chi connectivity index (χ4n) is 3.06. The summed E-state index contributed by atoms with van der Waals surface area (Å²) in [6, 6.07) is 8.74. The molecule has 3 aromatic rings. The summed E-state index contributed by atoms with van der Waals surface area (Å²) in [5, 5.41) is 24.5. The number of hydrogen-bond acceptors (Lipinski definition) is 6. The molecule has 0 saturated heterocycles. The Labute approximate surface area is 190 Å². The highest BCUT2D eigenvalue weighted by Crippen LogP contribution is 2.28. The normalized spacial score (nSPS) is 11.9. The number of aryl methyl sites for hydroxylation is 2. The molecular formula is C19H18ClIN6O3. The molecule has 0 unspecified atom stereocenters. The number of carbonyl (C=O) groups excluding carboxylic acids is 1. The molecule has 2 aromatic heterocycles. The molecule has 156 valence electrons. The number of hydrogen-bond donors (Lipinski definition) is 3. The lowest BCUT2D eigenvalue weighted by atomic mass is 10.2. The predicted molar refractivity (Wildman–Crippen MR) is 122 cm³/mol. The molecule has 0 bridgehead atoms. The molecule has 0 radical (unpaired) electrons. The van der Waals surface area contributed by atoms with Crippen molar-refractivity contribution in [3.05, 3.63) is 51.2 Å². The molecular weight excluding hydrogens is 523 g/mol. The molecule has 0 spiro atoms. The van der Waals surface area contributed by atoms with Crippen molar-refractivity contribution in [1.82, 2.24) is 19.4 Å². The molecule has 2 heterocycles. The molecule has 0 aliphatic carbocycles. The van der Waals surface area contributed by atoms with E-state index >= 15 is 0 Å². The minimum atomic E-state index is -0.564. The van der Waals surface area contributed by atoms with Crippen molar-refractivity contribution in [2.75, 3.05) is 12.4 Å². The Kier molecular flexibility index (Phi) is 6.64. The van der Waals surface area contributed by atoms with Gasteiger partial charge in [0.05, 0.1) is 16.7 Å². The number of imidazole rings is 1. The van der Waals surface area contributed by atoms with Crippen molar-refractivity contribution in [2.24, 2.45) is 7.05 Å². The average molecular weight is 541 g/mol. The van der Waals surface area contributed by atoms with Gasteiger partial charge in [-0.2, -0.15) is 5.26 Å². The van der Waals surface area contributed by atoms with Gasteiger partial charge in [-0.1, -0.05) is 34.2 Å². The first-order valence-electron chi connectivity index (χ1n) is 8.88. The number of nitrogens with zero attached hydrogens (tertiary/aromatic N) is 4. The molecule has 1 aromatic carbocycles. The number of fused-ring (bicyclic) bond motifs is 1. The van der Waals surface area contributed by atoms with E-state index in [1.165, 1.54) is 17.7 Å². The minimum Gasteiger partial charge on any atom is -0.383 e. The van der Waals surface area contributed by atoms with Gasteiger partial charge in [0.2, 0.25) is 0 Å². The second kappa shape index (κ2) is 9.03. The van der Waals surface area contributed by atoms with Crippen LogP contribution in [0.3, 0.4) is 0 Å². The molecule has 1 amide bonds. The van der Waals surface area contributed by atoms with Gasteiger partial charge in [0, 0.05) is 32.7 Å². The first-order chi connectivity index (χ1) is 14.3. The van der Waals surface area contributed by atoms with Crippen LogP contribution in [-0.2, 0) is 13.6 Å². The minimum absolute atomic E-state index is 0.0673. The van der Waals surface area contributed by atoms with Crippen molar-refractivity contribution in [1.29, 1.82) is 5.26 Å². The van der Waals surface area contributed by atoms with Crippen molar-refractivity contribution in [2.45, 2.75) is 17.1 Å². The highest BCUT2D eigenvalue weighted by molar-refractivity contribution is 14.1. The van der Waals surface area contributed by atoms with Crippen molar-refractivity contribution in [3.8, 4) is 6.07 Å². The third-order valence-corrected chi connectivity index (χ3v) is 5.46. The Morgan fingerprint density at radius 3 is 2.77 bits per heavy atom. The quantitative estimate of drug-likeness (QED) is 0.251. The average Bonchev–Trinajstić information content (AvgIpc) is 2.95. The molecule has 9 nitrogen and oxygen atoms in total. The van der Waals surface area contributed by atoms with E-state index in [-0.39, 0.29) is 22.1 Å². The van der Waals surface area contributed by atoms with Crippen LogP contribution in [0.25, 0.3) is 11.0 Å². The maximum atomic E-state index is 12.6. The lowest BCUT2D eigenvalue weighted by molar-refractivity contribution is 0.0958. The van der Waals surface area contributed by atoms with Crippen LogP contribution in [0.4, 0.5) is 11.4 Å². The Balaban J connectivity index is 2.07. The first-order valence-corrected chi connectivity index (χ1v) is 10.5. The summed E-state index contributed by atoms with van der Waals surface area (Å²) in [5.41, 5.74) is 2.30. The highest BCUT2D eigenvalue weighted by atomic mass is 127. The fraction of sp³-hybridized carbons (Fsp3) is 0.263. The van der Waals surface area contributed by atoms with E-state index < -0.39 is 10.0 Å². The second-order valence-corrected chi connectivity index (χ2v) is 8.25. The number of halogens is 2. The summed E-state index contributed by atoms with van der Waals surface area (Å²) in [5.74, 6) is -0.436. The van der Waals surface area contributed by atoms with Gasteiger partial charge in [0.25, 0.3) is 5.91 Å². The molecule has 3 N–H and O–H groups in total. The van der Waals surface area contributed by atoms with Crippen LogP contribution in [0.5, 0.6) is 0 Å². The van der Waals surface area contributed by atoms with Crippen LogP contribution in [0.15, 0.2) is 29.1 Å². The summed E-state index contributed by atoms with van der Waals surface area (Å²) < 4.78 is 2.56. The van der Waals surface area contributed by atoms with Crippen LogP contribution in [-0.4, -0.2) is 36.3 Å². The topological polar surface area (TPSA) is 125 Å². The van der Waals surface area contributed by atoms with Gasteiger partial charge in [-0.3, -0.25) is 13.9 Å². The molecule has 3 rings (SSSR count). The Morgan fingerprint density at radius 2 is 2.13 bits per heavy atom. The van der Waals surface area contributed by atoms with E-state index in [9.17, 15) is 20.0 Å². The van der Waals surface area contributed by atoms with Crippen LogP contribution in [0, 0.1) is 11.3 Å². The number of pyridine rings is 1. The van der Waals surface area contributed by atoms with E-state index in [0.717, 1.165) is 5.52 Å². The highest BCUT2D eigenvalue weighted by Gasteiger charge is 2.17. The van der Waals surface area contributed by atoms with Gasteiger partial charge in [-0.15, -0.1) is 0 Å². The number of nitriles is 1.